The van der Waals surface area contributed by atoms with Crippen LogP contribution in [0.5, 0.6) is 0 Å². The van der Waals surface area contributed by atoms with E-state index in [2.05, 4.69) is 75.1 Å². The molecule has 1 atom stereocenters. The maximum absolute atomic E-state index is 9.12. The van der Waals surface area contributed by atoms with E-state index in [0.29, 0.717) is 11.5 Å². The molecule has 1 saturated heterocycles. The van der Waals surface area contributed by atoms with Crippen molar-refractivity contribution in [1.29, 1.82) is 5.26 Å². The van der Waals surface area contributed by atoms with E-state index in [1.165, 1.54) is 17.7 Å². The molecule has 170 valence electrons. The summed E-state index contributed by atoms with van der Waals surface area (Å²) in [5, 5.41) is 13.7. The van der Waals surface area contributed by atoms with Crippen LogP contribution in [0.25, 0.3) is 28.3 Å². The first-order valence-corrected chi connectivity index (χ1v) is 11.7. The summed E-state index contributed by atoms with van der Waals surface area (Å²) in [7, 11) is 4.31. The van der Waals surface area contributed by atoms with E-state index in [9.17, 15) is 0 Å². The molecule has 2 aliphatic heterocycles. The predicted octanol–water partition coefficient (Wildman–Crippen LogP) is 4.02. The Labute approximate surface area is 199 Å². The zero-order valence-electron chi connectivity index (χ0n) is 19.5. The fourth-order valence-electron chi connectivity index (χ4n) is 5.33. The quantitative estimate of drug-likeness (QED) is 0.415. The molecule has 0 radical (unpaired) electrons. The minimum Gasteiger partial charge on any atom is -0.371 e. The number of anilines is 1. The van der Waals surface area contributed by atoms with E-state index in [1.807, 2.05) is 28.9 Å². The summed E-state index contributed by atoms with van der Waals surface area (Å²) in [6.45, 7) is 4.09. The van der Waals surface area contributed by atoms with Gasteiger partial charge in [-0.2, -0.15) is 10.4 Å². The normalized spacial score (nSPS) is 16.6. The van der Waals surface area contributed by atoms with Gasteiger partial charge in [0.15, 0.2) is 5.82 Å². The lowest BCUT2D eigenvalue weighted by Crippen LogP contribution is -2.25. The molecule has 4 heterocycles. The predicted molar refractivity (Wildman–Crippen MR) is 133 cm³/mol. The van der Waals surface area contributed by atoms with Crippen LogP contribution in [0.3, 0.4) is 0 Å². The Bertz CT molecular complexity index is 1390. The Balaban J connectivity index is 1.36. The molecule has 0 N–H and O–H groups in total. The number of fused-ring (bicyclic) bond motifs is 5. The molecule has 7 heteroatoms. The van der Waals surface area contributed by atoms with Crippen molar-refractivity contribution in [2.24, 2.45) is 5.92 Å². The molecule has 2 aromatic heterocycles. The summed E-state index contributed by atoms with van der Waals surface area (Å²) in [5.74, 6) is 1.56. The molecule has 0 aliphatic carbocycles. The lowest BCUT2D eigenvalue weighted by atomic mass is 10.1. The summed E-state index contributed by atoms with van der Waals surface area (Å²) >= 11 is 0. The van der Waals surface area contributed by atoms with Crippen LogP contribution in [0.4, 0.5) is 5.69 Å². The number of hydrogen-bond donors (Lipinski definition) is 0. The Morgan fingerprint density at radius 3 is 2.74 bits per heavy atom. The summed E-state index contributed by atoms with van der Waals surface area (Å²) in [6.07, 6.45) is 5.04. The van der Waals surface area contributed by atoms with E-state index < -0.39 is 0 Å². The SMILES string of the molecule is CN(C)C[C@@H]1CCN(c2ccc3c(c2)Cn2cc(-c4ccc(C#N)cc4)cc2-c2ncnn2-3)C1. The van der Waals surface area contributed by atoms with Crippen LogP contribution in [-0.4, -0.2) is 58.0 Å². The van der Waals surface area contributed by atoms with Gasteiger partial charge in [0, 0.05) is 43.6 Å². The average molecular weight is 450 g/mol. The number of aromatic nitrogens is 4. The number of hydrogen-bond acceptors (Lipinski definition) is 5. The van der Waals surface area contributed by atoms with Crippen molar-refractivity contribution in [1.82, 2.24) is 24.2 Å². The van der Waals surface area contributed by atoms with Crippen molar-refractivity contribution < 1.29 is 0 Å². The Morgan fingerprint density at radius 2 is 1.94 bits per heavy atom. The third-order valence-electron chi connectivity index (χ3n) is 6.93. The van der Waals surface area contributed by atoms with Gasteiger partial charge in [0.2, 0.25) is 0 Å². The van der Waals surface area contributed by atoms with Crippen molar-refractivity contribution in [3.63, 3.8) is 0 Å². The van der Waals surface area contributed by atoms with Gasteiger partial charge in [-0.1, -0.05) is 12.1 Å². The van der Waals surface area contributed by atoms with Gasteiger partial charge in [0.25, 0.3) is 0 Å². The van der Waals surface area contributed by atoms with Gasteiger partial charge in [-0.25, -0.2) is 9.67 Å². The number of nitriles is 1. The van der Waals surface area contributed by atoms with Gasteiger partial charge in [-0.05, 0) is 74.0 Å². The molecule has 34 heavy (non-hydrogen) atoms. The van der Waals surface area contributed by atoms with Crippen LogP contribution in [0.2, 0.25) is 0 Å². The van der Waals surface area contributed by atoms with Crippen LogP contribution in [-0.2, 0) is 6.54 Å². The maximum atomic E-state index is 9.12. The molecule has 0 unspecified atom stereocenters. The first-order chi connectivity index (χ1) is 16.6. The third-order valence-corrected chi connectivity index (χ3v) is 6.93. The monoisotopic (exact) mass is 449 g/mol. The molecule has 0 saturated carbocycles. The van der Waals surface area contributed by atoms with Gasteiger partial charge in [0.05, 0.1) is 23.0 Å². The molecule has 7 nitrogen and oxygen atoms in total. The number of rotatable bonds is 4. The van der Waals surface area contributed by atoms with Crippen molar-refractivity contribution in [3.8, 4) is 34.4 Å². The van der Waals surface area contributed by atoms with E-state index >= 15 is 0 Å². The highest BCUT2D eigenvalue weighted by molar-refractivity contribution is 5.72. The molecular weight excluding hydrogens is 422 g/mol. The van der Waals surface area contributed by atoms with Crippen molar-refractivity contribution in [3.05, 3.63) is 72.2 Å². The highest BCUT2D eigenvalue weighted by Gasteiger charge is 2.26. The van der Waals surface area contributed by atoms with E-state index in [1.54, 1.807) is 6.33 Å². The van der Waals surface area contributed by atoms with E-state index in [-0.39, 0.29) is 0 Å². The van der Waals surface area contributed by atoms with Gasteiger partial charge in [0.1, 0.15) is 6.33 Å². The van der Waals surface area contributed by atoms with Crippen LogP contribution < -0.4 is 4.90 Å². The maximum Gasteiger partial charge on any atom is 0.179 e. The lowest BCUT2D eigenvalue weighted by Gasteiger charge is -2.21. The smallest absolute Gasteiger partial charge is 0.179 e. The molecule has 2 aromatic carbocycles. The molecule has 0 amide bonds. The number of benzene rings is 2. The van der Waals surface area contributed by atoms with Gasteiger partial charge in [-0.15, -0.1) is 0 Å². The molecular formula is C27H27N7. The molecule has 0 spiro atoms. The van der Waals surface area contributed by atoms with Crippen molar-refractivity contribution in [2.75, 3.05) is 38.6 Å². The zero-order valence-corrected chi connectivity index (χ0v) is 19.5. The largest absolute Gasteiger partial charge is 0.371 e. The second-order valence-electron chi connectivity index (χ2n) is 9.60. The summed E-state index contributed by atoms with van der Waals surface area (Å²) in [5.41, 5.74) is 7.51. The van der Waals surface area contributed by atoms with E-state index in [0.717, 1.165) is 54.5 Å². The van der Waals surface area contributed by atoms with Gasteiger partial charge < -0.3 is 14.4 Å². The summed E-state index contributed by atoms with van der Waals surface area (Å²) < 4.78 is 4.22. The highest BCUT2D eigenvalue weighted by atomic mass is 15.4. The van der Waals surface area contributed by atoms with Gasteiger partial charge in [-0.3, -0.25) is 0 Å². The molecule has 0 bridgehead atoms. The van der Waals surface area contributed by atoms with Crippen molar-refractivity contribution in [2.45, 2.75) is 13.0 Å². The molecule has 4 aromatic rings. The minimum absolute atomic E-state index is 0.667. The highest BCUT2D eigenvalue weighted by Crippen LogP contribution is 2.35. The standard InChI is InChI=1S/C27H27N7/c1-31(2)14-20-9-10-32(15-20)24-7-8-25-23(11-24)17-33-16-22(21-5-3-19(13-28)4-6-21)12-26(33)27-29-18-30-34(25)27/h3-8,11-12,16,18,20H,9-10,14-15,17H2,1-2H3/t20-/m0/s1. The Kier molecular flexibility index (Phi) is 4.96. The van der Waals surface area contributed by atoms with Crippen molar-refractivity contribution >= 4 is 5.69 Å². The summed E-state index contributed by atoms with van der Waals surface area (Å²) in [6, 6.07) is 18.8. The summed E-state index contributed by atoms with van der Waals surface area (Å²) in [4.78, 5) is 9.40. The van der Waals surface area contributed by atoms with Crippen LogP contribution >= 0.6 is 0 Å². The first-order valence-electron chi connectivity index (χ1n) is 11.7. The second-order valence-corrected chi connectivity index (χ2v) is 9.60. The van der Waals surface area contributed by atoms with Gasteiger partial charge >= 0.3 is 0 Å². The molecule has 2 aliphatic rings. The lowest BCUT2D eigenvalue weighted by molar-refractivity contribution is 0.340. The number of nitrogens with zero attached hydrogens (tertiary/aromatic N) is 7. The molecule has 6 rings (SSSR count). The van der Waals surface area contributed by atoms with E-state index in [4.69, 9.17) is 5.26 Å². The van der Waals surface area contributed by atoms with Crippen LogP contribution in [0.1, 0.15) is 17.5 Å². The van der Waals surface area contributed by atoms with Crippen LogP contribution in [0.15, 0.2) is 61.1 Å². The second kappa shape index (κ2) is 8.15. The fraction of sp³-hybridized carbons (Fsp3) is 0.296. The third kappa shape index (κ3) is 3.57. The van der Waals surface area contributed by atoms with Crippen LogP contribution in [0, 0.1) is 17.2 Å². The minimum atomic E-state index is 0.667. The zero-order chi connectivity index (χ0) is 23.2. The average Bonchev–Trinajstić information content (AvgIpc) is 3.57. The first kappa shape index (κ1) is 20.7. The Hall–Kier alpha value is -3.89. The Morgan fingerprint density at radius 1 is 1.09 bits per heavy atom. The fourth-order valence-corrected chi connectivity index (χ4v) is 5.33. The topological polar surface area (TPSA) is 65.9 Å². The molecule has 1 fully saturated rings.